The largest absolute Gasteiger partial charge is 0.480 e. The Morgan fingerprint density at radius 2 is 1.88 bits per heavy atom. The fraction of sp³-hybridized carbons (Fsp3) is 0.474. The summed E-state index contributed by atoms with van der Waals surface area (Å²) in [5.74, 6) is -0.153. The number of piperidine rings is 1. The quantitative estimate of drug-likeness (QED) is 0.900. The Hall–Kier alpha value is -2.34. The van der Waals surface area contributed by atoms with Crippen LogP contribution in [0.5, 0.6) is 0 Å². The third-order valence-electron chi connectivity index (χ3n) is 5.10. The summed E-state index contributed by atoms with van der Waals surface area (Å²) in [6.45, 7) is 2.15. The van der Waals surface area contributed by atoms with E-state index in [4.69, 9.17) is 5.11 Å². The maximum atomic E-state index is 11.0. The number of carboxylic acids is 1. The number of hydrogen-bond acceptors (Lipinski definition) is 5. The summed E-state index contributed by atoms with van der Waals surface area (Å²) in [4.78, 5) is 22.0. The van der Waals surface area contributed by atoms with Crippen LogP contribution in [0.15, 0.2) is 30.5 Å². The third kappa shape index (κ3) is 3.69. The van der Waals surface area contributed by atoms with E-state index in [9.17, 15) is 4.79 Å². The van der Waals surface area contributed by atoms with Crippen molar-refractivity contribution < 1.29 is 9.90 Å². The Morgan fingerprint density at radius 1 is 1.24 bits per heavy atom. The number of benzene rings is 1. The monoisotopic (exact) mass is 342 g/mol. The number of nitrogens with zero attached hydrogens (tertiary/aromatic N) is 4. The first-order chi connectivity index (χ1) is 12.0. The Balaban J connectivity index is 1.96. The molecule has 1 saturated heterocycles. The normalized spacial score (nSPS) is 16.1. The zero-order chi connectivity index (χ0) is 18.0. The summed E-state index contributed by atoms with van der Waals surface area (Å²) < 4.78 is 0. The summed E-state index contributed by atoms with van der Waals surface area (Å²) in [7, 11) is 6.07. The van der Waals surface area contributed by atoms with Crippen molar-refractivity contribution >= 4 is 28.2 Å². The van der Waals surface area contributed by atoms with Crippen molar-refractivity contribution in [1.29, 1.82) is 0 Å². The average Bonchev–Trinajstić information content (AvgIpc) is 2.60. The number of aliphatic carboxylic acids is 1. The number of pyridine rings is 1. The zero-order valence-corrected chi connectivity index (χ0v) is 15.1. The predicted octanol–water partition coefficient (Wildman–Crippen LogP) is 2.29. The van der Waals surface area contributed by atoms with Gasteiger partial charge in [0.1, 0.15) is 12.4 Å². The maximum absolute atomic E-state index is 11.0. The first-order valence-corrected chi connectivity index (χ1v) is 8.69. The predicted molar refractivity (Wildman–Crippen MR) is 102 cm³/mol. The Kier molecular flexibility index (Phi) is 5.08. The van der Waals surface area contributed by atoms with Gasteiger partial charge < -0.3 is 19.8 Å². The lowest BCUT2D eigenvalue weighted by Crippen LogP contribution is -2.42. The fourth-order valence-corrected chi connectivity index (χ4v) is 3.60. The van der Waals surface area contributed by atoms with Gasteiger partial charge in [0.25, 0.3) is 0 Å². The molecule has 0 saturated carbocycles. The molecule has 2 aromatic rings. The third-order valence-corrected chi connectivity index (χ3v) is 5.10. The second-order valence-corrected chi connectivity index (χ2v) is 6.91. The molecule has 134 valence electrons. The first kappa shape index (κ1) is 17.5. The van der Waals surface area contributed by atoms with Crippen LogP contribution in [-0.2, 0) is 4.79 Å². The van der Waals surface area contributed by atoms with Gasteiger partial charge in [0.15, 0.2) is 0 Å². The van der Waals surface area contributed by atoms with Crippen LogP contribution < -0.4 is 9.80 Å². The highest BCUT2D eigenvalue weighted by Gasteiger charge is 2.23. The van der Waals surface area contributed by atoms with E-state index in [-0.39, 0.29) is 6.54 Å². The molecule has 1 aliphatic heterocycles. The molecule has 0 amide bonds. The SMILES string of the molecule is CN1CCC(N(C)c2cnc(N(C)CC(=O)O)c3ccccc23)CC1. The van der Waals surface area contributed by atoms with Crippen molar-refractivity contribution in [3.63, 3.8) is 0 Å². The summed E-state index contributed by atoms with van der Waals surface area (Å²) in [5.41, 5.74) is 1.11. The molecule has 25 heavy (non-hydrogen) atoms. The summed E-state index contributed by atoms with van der Waals surface area (Å²) >= 11 is 0. The second-order valence-electron chi connectivity index (χ2n) is 6.91. The Bertz CT molecular complexity index is 756. The van der Waals surface area contributed by atoms with Gasteiger partial charge in [0, 0.05) is 30.9 Å². The van der Waals surface area contributed by atoms with E-state index in [0.29, 0.717) is 11.9 Å². The van der Waals surface area contributed by atoms with Gasteiger partial charge in [0.05, 0.1) is 11.9 Å². The molecular weight excluding hydrogens is 316 g/mol. The van der Waals surface area contributed by atoms with Crippen molar-refractivity contribution in [2.24, 2.45) is 0 Å². The summed E-state index contributed by atoms with van der Waals surface area (Å²) in [5, 5.41) is 11.2. The van der Waals surface area contributed by atoms with Crippen LogP contribution in [-0.4, -0.2) is 67.8 Å². The van der Waals surface area contributed by atoms with Crippen LogP contribution in [0.2, 0.25) is 0 Å². The molecule has 1 aromatic heterocycles. The van der Waals surface area contributed by atoms with Gasteiger partial charge in [-0.2, -0.15) is 0 Å². The first-order valence-electron chi connectivity index (χ1n) is 8.69. The number of anilines is 2. The lowest BCUT2D eigenvalue weighted by atomic mass is 10.0. The van der Waals surface area contributed by atoms with Crippen LogP contribution in [0, 0.1) is 0 Å². The highest BCUT2D eigenvalue weighted by Crippen LogP contribution is 2.33. The highest BCUT2D eigenvalue weighted by atomic mass is 16.4. The number of likely N-dealkylation sites (tertiary alicyclic amines) is 1. The van der Waals surface area contributed by atoms with Crippen LogP contribution in [0.3, 0.4) is 0 Å². The Morgan fingerprint density at radius 3 is 2.52 bits per heavy atom. The van der Waals surface area contributed by atoms with E-state index in [0.717, 1.165) is 42.4 Å². The van der Waals surface area contributed by atoms with E-state index in [2.05, 4.69) is 34.9 Å². The van der Waals surface area contributed by atoms with E-state index in [1.54, 1.807) is 11.9 Å². The van der Waals surface area contributed by atoms with E-state index in [1.807, 2.05) is 24.4 Å². The average molecular weight is 342 g/mol. The van der Waals surface area contributed by atoms with Gasteiger partial charge in [-0.1, -0.05) is 24.3 Å². The number of carbonyl (C=O) groups is 1. The molecule has 1 N–H and O–H groups in total. The molecule has 6 heteroatoms. The van der Waals surface area contributed by atoms with Gasteiger partial charge in [-0.3, -0.25) is 4.79 Å². The number of likely N-dealkylation sites (N-methyl/N-ethyl adjacent to an activating group) is 1. The molecule has 0 atom stereocenters. The molecule has 6 nitrogen and oxygen atoms in total. The molecule has 0 aliphatic carbocycles. The summed E-state index contributed by atoms with van der Waals surface area (Å²) in [6, 6.07) is 8.61. The number of fused-ring (bicyclic) bond motifs is 1. The van der Waals surface area contributed by atoms with Crippen LogP contribution >= 0.6 is 0 Å². The minimum absolute atomic E-state index is 0.0683. The molecule has 0 spiro atoms. The van der Waals surface area contributed by atoms with E-state index < -0.39 is 5.97 Å². The summed E-state index contributed by atoms with van der Waals surface area (Å²) in [6.07, 6.45) is 4.17. The molecule has 0 radical (unpaired) electrons. The van der Waals surface area contributed by atoms with Crippen molar-refractivity contribution in [1.82, 2.24) is 9.88 Å². The highest BCUT2D eigenvalue weighted by molar-refractivity contribution is 6.01. The van der Waals surface area contributed by atoms with Gasteiger partial charge >= 0.3 is 5.97 Å². The van der Waals surface area contributed by atoms with Gasteiger partial charge in [-0.25, -0.2) is 4.98 Å². The molecule has 1 aliphatic rings. The van der Waals surface area contributed by atoms with Crippen molar-refractivity contribution in [2.45, 2.75) is 18.9 Å². The number of aromatic nitrogens is 1. The molecule has 3 rings (SSSR count). The van der Waals surface area contributed by atoms with Crippen LogP contribution in [0.25, 0.3) is 10.8 Å². The molecular formula is C19H26N4O2. The molecule has 2 heterocycles. The minimum atomic E-state index is -0.860. The fourth-order valence-electron chi connectivity index (χ4n) is 3.60. The Labute approximate surface area is 148 Å². The number of rotatable bonds is 5. The second kappa shape index (κ2) is 7.27. The molecule has 0 bridgehead atoms. The van der Waals surface area contributed by atoms with Crippen molar-refractivity contribution in [3.05, 3.63) is 30.5 Å². The smallest absolute Gasteiger partial charge is 0.323 e. The minimum Gasteiger partial charge on any atom is -0.480 e. The maximum Gasteiger partial charge on any atom is 0.323 e. The van der Waals surface area contributed by atoms with Gasteiger partial charge in [-0.15, -0.1) is 0 Å². The standard InChI is InChI=1S/C19H26N4O2/c1-21-10-8-14(9-11-21)23(3)17-12-20-19(22(2)13-18(24)25)16-7-5-4-6-15(16)17/h4-7,12,14H,8-11,13H2,1-3H3,(H,24,25). The van der Waals surface area contributed by atoms with E-state index in [1.165, 1.54) is 0 Å². The van der Waals surface area contributed by atoms with Crippen molar-refractivity contribution in [3.8, 4) is 0 Å². The van der Waals surface area contributed by atoms with Crippen molar-refractivity contribution in [2.75, 3.05) is 50.6 Å². The van der Waals surface area contributed by atoms with E-state index >= 15 is 0 Å². The number of hydrogen-bond donors (Lipinski definition) is 1. The van der Waals surface area contributed by atoms with Crippen LogP contribution in [0.4, 0.5) is 11.5 Å². The van der Waals surface area contributed by atoms with Crippen LogP contribution in [0.1, 0.15) is 12.8 Å². The van der Waals surface area contributed by atoms with Gasteiger partial charge in [-0.05, 0) is 33.0 Å². The zero-order valence-electron chi connectivity index (χ0n) is 15.1. The lowest BCUT2D eigenvalue weighted by Gasteiger charge is -2.37. The molecule has 1 fully saturated rings. The van der Waals surface area contributed by atoms with Gasteiger partial charge in [0.2, 0.25) is 0 Å². The topological polar surface area (TPSA) is 59.9 Å². The number of carboxylic acid groups (broad SMARTS) is 1. The molecule has 1 aromatic carbocycles. The molecule has 0 unspecified atom stereocenters. The lowest BCUT2D eigenvalue weighted by molar-refractivity contribution is -0.135.